The molecule has 1 unspecified atom stereocenters. The second-order valence-electron chi connectivity index (χ2n) is 7.37. The molecular weight excluding hydrogens is 442 g/mol. The van der Waals surface area contributed by atoms with Crippen molar-refractivity contribution in [2.75, 3.05) is 48.2 Å². The summed E-state index contributed by atoms with van der Waals surface area (Å²) < 4.78 is 27.0. The number of likely N-dealkylation sites (tertiary alicyclic amines) is 1. The van der Waals surface area contributed by atoms with Crippen molar-refractivity contribution < 1.29 is 38.4 Å². The van der Waals surface area contributed by atoms with Gasteiger partial charge in [-0.2, -0.15) is 0 Å². The van der Waals surface area contributed by atoms with Gasteiger partial charge in [0.1, 0.15) is 22.8 Å². The quantitative estimate of drug-likeness (QED) is 0.320. The number of amides is 1. The van der Waals surface area contributed by atoms with Crippen LogP contribution in [0, 0.1) is 0 Å². The Morgan fingerprint density at radius 1 is 0.941 bits per heavy atom. The number of Topliss-reactive ketones (excluding diaryl/α,β-unsaturated/α-hetero) is 1. The summed E-state index contributed by atoms with van der Waals surface area (Å²) in [4.78, 5) is 27.6. The number of hydrogen-bond donors (Lipinski definition) is 1. The number of carbonyl (C=O) groups excluding carboxylic acids is 2. The number of nitrogens with zero attached hydrogens (tertiary/aromatic N) is 1. The Morgan fingerprint density at radius 3 is 2.15 bits per heavy atom. The third-order valence-electron chi connectivity index (χ3n) is 5.54. The molecule has 0 aliphatic carbocycles. The maximum Gasteiger partial charge on any atom is 0.295 e. The zero-order valence-electron chi connectivity index (χ0n) is 19.9. The molecule has 0 aromatic heterocycles. The average molecular weight is 472 g/mol. The van der Waals surface area contributed by atoms with Crippen LogP contribution in [0.2, 0.25) is 0 Å². The molecule has 34 heavy (non-hydrogen) atoms. The molecular formula is C25H29NO8. The number of ether oxygens (including phenoxy) is 5. The van der Waals surface area contributed by atoms with Gasteiger partial charge in [0.25, 0.3) is 11.7 Å². The molecule has 1 N–H and O–H groups in total. The van der Waals surface area contributed by atoms with E-state index in [9.17, 15) is 14.7 Å². The van der Waals surface area contributed by atoms with Gasteiger partial charge in [-0.1, -0.05) is 12.1 Å². The molecule has 0 spiro atoms. The number of methoxy groups -OCH3 is 4. The lowest BCUT2D eigenvalue weighted by Gasteiger charge is -2.26. The Morgan fingerprint density at radius 2 is 1.59 bits per heavy atom. The van der Waals surface area contributed by atoms with E-state index >= 15 is 0 Å². The highest BCUT2D eigenvalue weighted by atomic mass is 16.5. The van der Waals surface area contributed by atoms with E-state index in [4.69, 9.17) is 23.7 Å². The number of benzene rings is 2. The summed E-state index contributed by atoms with van der Waals surface area (Å²) in [6, 6.07) is 9.19. The summed E-state index contributed by atoms with van der Waals surface area (Å²) in [6.07, 6.45) is 0. The Hall–Kier alpha value is -3.72. The highest BCUT2D eigenvalue weighted by Crippen LogP contribution is 2.44. The summed E-state index contributed by atoms with van der Waals surface area (Å²) in [7, 11) is 5.91. The van der Waals surface area contributed by atoms with Crippen LogP contribution in [0.15, 0.2) is 42.0 Å². The first-order valence-electron chi connectivity index (χ1n) is 10.7. The molecule has 3 rings (SSSR count). The maximum atomic E-state index is 13.2. The Labute approximate surface area is 198 Å². The van der Waals surface area contributed by atoms with Crippen molar-refractivity contribution in [3.8, 4) is 23.0 Å². The largest absolute Gasteiger partial charge is 0.506 e. The first-order valence-corrected chi connectivity index (χ1v) is 10.7. The molecule has 0 saturated carbocycles. The molecule has 1 amide bonds. The van der Waals surface area contributed by atoms with Crippen molar-refractivity contribution in [3.63, 3.8) is 0 Å². The van der Waals surface area contributed by atoms with Gasteiger partial charge in [0.15, 0.2) is 11.5 Å². The van der Waals surface area contributed by atoms with Gasteiger partial charge in [-0.05, 0) is 36.8 Å². The number of aliphatic hydroxyl groups is 1. The van der Waals surface area contributed by atoms with Crippen molar-refractivity contribution in [1.29, 1.82) is 0 Å². The Bertz CT molecular complexity index is 1070. The topological polar surface area (TPSA) is 104 Å². The van der Waals surface area contributed by atoms with E-state index in [0.717, 1.165) is 0 Å². The van der Waals surface area contributed by atoms with Crippen molar-refractivity contribution in [2.24, 2.45) is 0 Å². The lowest BCUT2D eigenvalue weighted by atomic mass is 9.94. The SMILES string of the molecule is CCOc1cc(C2/C(=C(\O)c3c(OC)cccc3OC)C(=O)C(=O)N2CCOC)ccc1OC. The van der Waals surface area contributed by atoms with Crippen LogP contribution >= 0.6 is 0 Å². The number of hydrogen-bond acceptors (Lipinski definition) is 8. The lowest BCUT2D eigenvalue weighted by molar-refractivity contribution is -0.140. The van der Waals surface area contributed by atoms with E-state index < -0.39 is 23.5 Å². The van der Waals surface area contributed by atoms with Gasteiger partial charge < -0.3 is 33.7 Å². The van der Waals surface area contributed by atoms with Gasteiger partial charge in [0, 0.05) is 13.7 Å². The fourth-order valence-electron chi connectivity index (χ4n) is 4.00. The van der Waals surface area contributed by atoms with Crippen molar-refractivity contribution in [3.05, 3.63) is 53.1 Å². The zero-order chi connectivity index (χ0) is 24.8. The third kappa shape index (κ3) is 4.51. The summed E-state index contributed by atoms with van der Waals surface area (Å²) in [5, 5.41) is 11.4. The maximum absolute atomic E-state index is 13.2. The van der Waals surface area contributed by atoms with Crippen LogP contribution in [0.3, 0.4) is 0 Å². The van der Waals surface area contributed by atoms with Gasteiger partial charge in [-0.25, -0.2) is 0 Å². The van der Waals surface area contributed by atoms with Crippen molar-refractivity contribution in [2.45, 2.75) is 13.0 Å². The van der Waals surface area contributed by atoms with Gasteiger partial charge in [0.05, 0.1) is 46.2 Å². The minimum atomic E-state index is -0.894. The van der Waals surface area contributed by atoms with Crippen molar-refractivity contribution >= 4 is 17.4 Å². The molecule has 182 valence electrons. The van der Waals surface area contributed by atoms with E-state index in [0.29, 0.717) is 35.2 Å². The van der Waals surface area contributed by atoms with E-state index in [1.54, 1.807) is 36.4 Å². The van der Waals surface area contributed by atoms with Crippen LogP contribution in [0.25, 0.3) is 5.76 Å². The van der Waals surface area contributed by atoms with Crippen LogP contribution < -0.4 is 18.9 Å². The molecule has 1 heterocycles. The van der Waals surface area contributed by atoms with Crippen molar-refractivity contribution in [1.82, 2.24) is 4.90 Å². The predicted molar refractivity (Wildman–Crippen MR) is 125 cm³/mol. The van der Waals surface area contributed by atoms with Crippen LogP contribution in [0.4, 0.5) is 0 Å². The van der Waals surface area contributed by atoms with Gasteiger partial charge >= 0.3 is 0 Å². The van der Waals surface area contributed by atoms with Crippen LogP contribution in [0.1, 0.15) is 24.1 Å². The van der Waals surface area contributed by atoms with E-state index in [-0.39, 0.29) is 24.3 Å². The fraction of sp³-hybridized carbons (Fsp3) is 0.360. The molecule has 1 aliphatic rings. The highest BCUT2D eigenvalue weighted by molar-refractivity contribution is 6.46. The molecule has 1 saturated heterocycles. The summed E-state index contributed by atoms with van der Waals surface area (Å²) >= 11 is 0. The van der Waals surface area contributed by atoms with E-state index in [1.807, 2.05) is 6.92 Å². The number of aliphatic hydroxyl groups excluding tert-OH is 1. The highest BCUT2D eigenvalue weighted by Gasteiger charge is 2.46. The van der Waals surface area contributed by atoms with Gasteiger partial charge in [-0.15, -0.1) is 0 Å². The molecule has 1 atom stereocenters. The molecule has 0 radical (unpaired) electrons. The minimum absolute atomic E-state index is 0.0866. The molecule has 9 nitrogen and oxygen atoms in total. The third-order valence-corrected chi connectivity index (χ3v) is 5.54. The number of ketones is 1. The first-order chi connectivity index (χ1) is 16.4. The lowest BCUT2D eigenvalue weighted by Crippen LogP contribution is -2.32. The molecule has 2 aromatic rings. The Balaban J connectivity index is 2.28. The van der Waals surface area contributed by atoms with Gasteiger partial charge in [-0.3, -0.25) is 9.59 Å². The summed E-state index contributed by atoms with van der Waals surface area (Å²) in [5.74, 6) is -0.412. The van der Waals surface area contributed by atoms with Gasteiger partial charge in [0.2, 0.25) is 0 Å². The van der Waals surface area contributed by atoms with Crippen LogP contribution in [0.5, 0.6) is 23.0 Å². The minimum Gasteiger partial charge on any atom is -0.506 e. The second kappa shape index (κ2) is 10.9. The Kier molecular flexibility index (Phi) is 8.01. The van der Waals surface area contributed by atoms with E-state index in [2.05, 4.69) is 0 Å². The molecule has 9 heteroatoms. The average Bonchev–Trinajstić information content (AvgIpc) is 3.11. The zero-order valence-corrected chi connectivity index (χ0v) is 19.9. The molecule has 2 aromatic carbocycles. The monoisotopic (exact) mass is 471 g/mol. The summed E-state index contributed by atoms with van der Waals surface area (Å²) in [6.45, 7) is 2.57. The molecule has 1 fully saturated rings. The molecule has 1 aliphatic heterocycles. The second-order valence-corrected chi connectivity index (χ2v) is 7.37. The normalized spacial score (nSPS) is 17.1. The first kappa shape index (κ1) is 24.9. The predicted octanol–water partition coefficient (Wildman–Crippen LogP) is 3.18. The smallest absolute Gasteiger partial charge is 0.295 e. The summed E-state index contributed by atoms with van der Waals surface area (Å²) in [5.41, 5.74) is 0.660. The number of rotatable bonds is 10. The molecule has 0 bridgehead atoms. The fourth-order valence-corrected chi connectivity index (χ4v) is 4.00. The van der Waals surface area contributed by atoms with Crippen LogP contribution in [-0.4, -0.2) is 69.9 Å². The van der Waals surface area contributed by atoms with Crippen LogP contribution in [-0.2, 0) is 14.3 Å². The number of carbonyl (C=O) groups is 2. The standard InChI is InChI=1S/C25H29NO8/c1-6-34-19-14-15(10-11-16(19)31-3)22-21(24(28)25(29)26(22)12-13-30-2)23(27)20-17(32-4)8-7-9-18(20)33-5/h7-11,14,22,27H,6,12-13H2,1-5H3/b23-21+. The van der Waals surface area contributed by atoms with E-state index in [1.165, 1.54) is 33.3 Å².